The van der Waals surface area contributed by atoms with Gasteiger partial charge in [0.15, 0.2) is 0 Å². The molecule has 0 aromatic heterocycles. The molecule has 0 spiro atoms. The van der Waals surface area contributed by atoms with Crippen molar-refractivity contribution in [2.24, 2.45) is 0 Å². The molecule has 0 aromatic carbocycles. The molecule has 0 rings (SSSR count). The summed E-state index contributed by atoms with van der Waals surface area (Å²) in [4.78, 5) is 13.5. The van der Waals surface area contributed by atoms with E-state index < -0.39 is 0 Å². The van der Waals surface area contributed by atoms with Crippen LogP contribution in [0.4, 0.5) is 0 Å². The molecule has 0 aliphatic rings. The first-order chi connectivity index (χ1) is 7.63. The van der Waals surface area contributed by atoms with Gasteiger partial charge in [0.25, 0.3) is 0 Å². The van der Waals surface area contributed by atoms with E-state index >= 15 is 0 Å². The predicted octanol–water partition coefficient (Wildman–Crippen LogP) is 0.373. The van der Waals surface area contributed by atoms with Crippen LogP contribution in [0.2, 0.25) is 0 Å². The number of methoxy groups -OCH3 is 1. The molecule has 0 unspecified atom stereocenters. The Kier molecular flexibility index (Phi) is 8.49. The zero-order valence-corrected chi connectivity index (χ0v) is 10.3. The van der Waals surface area contributed by atoms with Crippen LogP contribution in [0, 0.1) is 11.3 Å². The summed E-state index contributed by atoms with van der Waals surface area (Å²) in [6.07, 6.45) is 0.377. The molecule has 0 aromatic rings. The summed E-state index contributed by atoms with van der Waals surface area (Å²) in [6, 6.07) is 2.18. The van der Waals surface area contributed by atoms with E-state index in [1.165, 1.54) is 0 Å². The van der Waals surface area contributed by atoms with Gasteiger partial charge in [-0.2, -0.15) is 5.26 Å². The Bertz CT molecular complexity index is 236. The Labute approximate surface area is 97.4 Å². The Morgan fingerprint density at radius 1 is 1.56 bits per heavy atom. The quantitative estimate of drug-likeness (QED) is 0.609. The minimum absolute atomic E-state index is 0.0290. The van der Waals surface area contributed by atoms with Crippen molar-refractivity contribution in [2.75, 3.05) is 33.4 Å². The number of hydrogen-bond donors (Lipinski definition) is 1. The lowest BCUT2D eigenvalue weighted by molar-refractivity contribution is -0.131. The van der Waals surface area contributed by atoms with Crippen molar-refractivity contribution in [3.8, 4) is 6.07 Å². The van der Waals surface area contributed by atoms with Crippen LogP contribution in [0.15, 0.2) is 0 Å². The van der Waals surface area contributed by atoms with Crippen molar-refractivity contribution in [1.82, 2.24) is 10.2 Å². The van der Waals surface area contributed by atoms with E-state index in [-0.39, 0.29) is 11.9 Å². The fourth-order valence-electron chi connectivity index (χ4n) is 1.31. The van der Waals surface area contributed by atoms with E-state index in [2.05, 4.69) is 11.4 Å². The third-order valence-electron chi connectivity index (χ3n) is 2.17. The van der Waals surface area contributed by atoms with E-state index in [0.29, 0.717) is 32.7 Å². The second-order valence-electron chi connectivity index (χ2n) is 3.76. The van der Waals surface area contributed by atoms with Gasteiger partial charge in [0.2, 0.25) is 5.91 Å². The van der Waals surface area contributed by atoms with E-state index in [1.54, 1.807) is 12.0 Å². The Balaban J connectivity index is 3.93. The Morgan fingerprint density at radius 3 is 2.75 bits per heavy atom. The van der Waals surface area contributed by atoms with Gasteiger partial charge in [0.05, 0.1) is 25.6 Å². The van der Waals surface area contributed by atoms with Gasteiger partial charge in [-0.15, -0.1) is 0 Å². The van der Waals surface area contributed by atoms with E-state index in [0.717, 1.165) is 0 Å². The summed E-state index contributed by atoms with van der Waals surface area (Å²) in [5.74, 6) is 0.0290. The SMILES string of the molecule is COCCNCC(=O)N(CCC#N)C(C)C. The van der Waals surface area contributed by atoms with Crippen LogP contribution in [-0.2, 0) is 9.53 Å². The third kappa shape index (κ3) is 6.38. The molecule has 5 nitrogen and oxygen atoms in total. The number of amides is 1. The maximum atomic E-state index is 11.8. The van der Waals surface area contributed by atoms with Gasteiger partial charge in [0.1, 0.15) is 0 Å². The number of nitrogens with one attached hydrogen (secondary N) is 1. The fourth-order valence-corrected chi connectivity index (χ4v) is 1.31. The monoisotopic (exact) mass is 227 g/mol. The zero-order chi connectivity index (χ0) is 12.4. The van der Waals surface area contributed by atoms with E-state index in [4.69, 9.17) is 10.00 Å². The molecule has 1 amide bonds. The lowest BCUT2D eigenvalue weighted by Gasteiger charge is -2.26. The molecule has 0 saturated heterocycles. The van der Waals surface area contributed by atoms with Gasteiger partial charge < -0.3 is 15.0 Å². The Morgan fingerprint density at radius 2 is 2.25 bits per heavy atom. The lowest BCUT2D eigenvalue weighted by atomic mass is 10.3. The summed E-state index contributed by atoms with van der Waals surface area (Å²) in [5, 5.41) is 11.5. The lowest BCUT2D eigenvalue weighted by Crippen LogP contribution is -2.43. The second-order valence-corrected chi connectivity index (χ2v) is 3.76. The maximum Gasteiger partial charge on any atom is 0.236 e. The van der Waals surface area contributed by atoms with Crippen molar-refractivity contribution in [2.45, 2.75) is 26.3 Å². The van der Waals surface area contributed by atoms with Gasteiger partial charge in [0, 0.05) is 26.2 Å². The van der Waals surface area contributed by atoms with E-state index in [1.807, 2.05) is 13.8 Å². The third-order valence-corrected chi connectivity index (χ3v) is 2.17. The normalized spacial score (nSPS) is 10.2. The van der Waals surface area contributed by atoms with Crippen LogP contribution in [0.3, 0.4) is 0 Å². The highest BCUT2D eigenvalue weighted by Gasteiger charge is 2.15. The van der Waals surface area contributed by atoms with Gasteiger partial charge in [-0.3, -0.25) is 4.79 Å². The van der Waals surface area contributed by atoms with E-state index in [9.17, 15) is 4.79 Å². The molecule has 1 N–H and O–H groups in total. The molecule has 5 heteroatoms. The zero-order valence-electron chi connectivity index (χ0n) is 10.3. The second kappa shape index (κ2) is 9.13. The number of nitrogens with zero attached hydrogens (tertiary/aromatic N) is 2. The predicted molar refractivity (Wildman–Crippen MR) is 61.8 cm³/mol. The number of carbonyl (C=O) groups is 1. The van der Waals surface area contributed by atoms with Gasteiger partial charge >= 0.3 is 0 Å². The number of carbonyl (C=O) groups excluding carboxylic acids is 1. The van der Waals surface area contributed by atoms with Crippen LogP contribution in [0.25, 0.3) is 0 Å². The minimum Gasteiger partial charge on any atom is -0.383 e. The number of nitriles is 1. The summed E-state index contributed by atoms with van der Waals surface area (Å²) in [6.45, 7) is 5.94. The molecule has 92 valence electrons. The average Bonchev–Trinajstić information content (AvgIpc) is 2.24. The summed E-state index contributed by atoms with van der Waals surface area (Å²) in [7, 11) is 1.62. The molecule has 16 heavy (non-hydrogen) atoms. The first kappa shape index (κ1) is 14.9. The highest BCUT2D eigenvalue weighted by atomic mass is 16.5. The molecule has 0 heterocycles. The highest BCUT2D eigenvalue weighted by Crippen LogP contribution is 1.99. The molecule has 0 aliphatic carbocycles. The summed E-state index contributed by atoms with van der Waals surface area (Å²) >= 11 is 0. The molecule has 0 radical (unpaired) electrons. The maximum absolute atomic E-state index is 11.8. The van der Waals surface area contributed by atoms with Crippen molar-refractivity contribution in [1.29, 1.82) is 5.26 Å². The standard InChI is InChI=1S/C11H21N3O2/c1-10(2)14(7-4-5-12)11(15)9-13-6-8-16-3/h10,13H,4,6-9H2,1-3H3. The molecule has 0 atom stereocenters. The first-order valence-electron chi connectivity index (χ1n) is 5.49. The van der Waals surface area contributed by atoms with Gasteiger partial charge in [-0.25, -0.2) is 0 Å². The van der Waals surface area contributed by atoms with Gasteiger partial charge in [-0.05, 0) is 13.8 Å². The number of ether oxygens (including phenoxy) is 1. The summed E-state index contributed by atoms with van der Waals surface area (Å²) in [5.41, 5.74) is 0. The molecule has 0 aliphatic heterocycles. The van der Waals surface area contributed by atoms with Crippen molar-refractivity contribution < 1.29 is 9.53 Å². The summed E-state index contributed by atoms with van der Waals surface area (Å²) < 4.78 is 4.87. The topological polar surface area (TPSA) is 65.4 Å². The Hall–Kier alpha value is -1.12. The van der Waals surface area contributed by atoms with Crippen LogP contribution >= 0.6 is 0 Å². The molecular weight excluding hydrogens is 206 g/mol. The first-order valence-corrected chi connectivity index (χ1v) is 5.49. The average molecular weight is 227 g/mol. The van der Waals surface area contributed by atoms with Crippen LogP contribution in [-0.4, -0.2) is 50.2 Å². The molecular formula is C11H21N3O2. The minimum atomic E-state index is 0.0290. The van der Waals surface area contributed by atoms with Crippen LogP contribution in [0.5, 0.6) is 0 Å². The molecule has 0 bridgehead atoms. The number of hydrogen-bond acceptors (Lipinski definition) is 4. The van der Waals surface area contributed by atoms with Crippen molar-refractivity contribution in [3.05, 3.63) is 0 Å². The molecule has 0 saturated carbocycles. The molecule has 0 fully saturated rings. The highest BCUT2D eigenvalue weighted by molar-refractivity contribution is 5.78. The van der Waals surface area contributed by atoms with Crippen molar-refractivity contribution in [3.63, 3.8) is 0 Å². The fraction of sp³-hybridized carbons (Fsp3) is 0.818. The van der Waals surface area contributed by atoms with Crippen LogP contribution < -0.4 is 5.32 Å². The number of rotatable bonds is 8. The smallest absolute Gasteiger partial charge is 0.236 e. The van der Waals surface area contributed by atoms with Crippen molar-refractivity contribution >= 4 is 5.91 Å². The van der Waals surface area contributed by atoms with Gasteiger partial charge in [-0.1, -0.05) is 0 Å². The van der Waals surface area contributed by atoms with Crippen LogP contribution in [0.1, 0.15) is 20.3 Å². The largest absolute Gasteiger partial charge is 0.383 e.